The van der Waals surface area contributed by atoms with E-state index < -0.39 is 0 Å². The average molecular weight is 170 g/mol. The molecule has 0 aliphatic heterocycles. The van der Waals surface area contributed by atoms with Gasteiger partial charge in [0.05, 0.1) is 6.61 Å². The molecule has 0 aliphatic carbocycles. The van der Waals surface area contributed by atoms with Crippen LogP contribution >= 0.6 is 11.3 Å². The molecule has 2 nitrogen and oxygen atoms in total. The van der Waals surface area contributed by atoms with Gasteiger partial charge in [0.15, 0.2) is 0 Å². The fourth-order valence-corrected chi connectivity index (χ4v) is 1.45. The zero-order chi connectivity index (χ0) is 8.10. The van der Waals surface area contributed by atoms with E-state index in [0.29, 0.717) is 0 Å². The molecule has 1 atom stereocenters. The van der Waals surface area contributed by atoms with Crippen molar-refractivity contribution in [3.05, 3.63) is 28.8 Å². The third kappa shape index (κ3) is 3.01. The van der Waals surface area contributed by atoms with Gasteiger partial charge >= 0.3 is 0 Å². The Morgan fingerprint density at radius 1 is 1.73 bits per heavy atom. The fraction of sp³-hybridized carbons (Fsp3) is 0.375. The van der Waals surface area contributed by atoms with Gasteiger partial charge in [0, 0.05) is 10.9 Å². The summed E-state index contributed by atoms with van der Waals surface area (Å²) in [4.78, 5) is 1.29. The highest BCUT2D eigenvalue weighted by molar-refractivity contribution is 7.09. The van der Waals surface area contributed by atoms with Crippen LogP contribution in [0.3, 0.4) is 0 Å². The molecule has 1 aromatic rings. The normalized spacial score (nSPS) is 13.3. The Morgan fingerprint density at radius 2 is 2.55 bits per heavy atom. The van der Waals surface area contributed by atoms with Crippen LogP contribution in [0.2, 0.25) is 0 Å². The van der Waals surface area contributed by atoms with Crippen LogP contribution in [0.1, 0.15) is 4.88 Å². The molecule has 1 heterocycles. The highest BCUT2D eigenvalue weighted by atomic mass is 32.1. The van der Waals surface area contributed by atoms with Crippen molar-refractivity contribution < 1.29 is 5.11 Å². The second-order valence-electron chi connectivity index (χ2n) is 2.37. The number of aliphatic hydroxyl groups excluding tert-OH is 1. The molecule has 3 N–H and O–H groups in total. The SMILES string of the molecule is N[C@@H]([CH]Cc1cccs1)CO. The van der Waals surface area contributed by atoms with Gasteiger partial charge in [-0.1, -0.05) is 6.07 Å². The fourth-order valence-electron chi connectivity index (χ4n) is 0.771. The number of hydrogen-bond acceptors (Lipinski definition) is 3. The Bertz CT molecular complexity index is 186. The van der Waals surface area contributed by atoms with Gasteiger partial charge in [0.25, 0.3) is 0 Å². The van der Waals surface area contributed by atoms with E-state index in [0.717, 1.165) is 6.42 Å². The summed E-state index contributed by atoms with van der Waals surface area (Å²) >= 11 is 1.71. The van der Waals surface area contributed by atoms with Crippen LogP contribution < -0.4 is 5.73 Å². The van der Waals surface area contributed by atoms with Gasteiger partial charge in [-0.25, -0.2) is 0 Å². The Morgan fingerprint density at radius 3 is 3.09 bits per heavy atom. The Labute approximate surface area is 70.7 Å². The van der Waals surface area contributed by atoms with E-state index in [9.17, 15) is 0 Å². The van der Waals surface area contributed by atoms with Crippen LogP contribution in [-0.4, -0.2) is 17.8 Å². The van der Waals surface area contributed by atoms with Crippen molar-refractivity contribution >= 4 is 11.3 Å². The highest BCUT2D eigenvalue weighted by Crippen LogP contribution is 2.10. The zero-order valence-electron chi connectivity index (χ0n) is 6.23. The van der Waals surface area contributed by atoms with Gasteiger partial charge in [0.2, 0.25) is 0 Å². The van der Waals surface area contributed by atoms with Crippen molar-refractivity contribution in [3.8, 4) is 0 Å². The van der Waals surface area contributed by atoms with Crippen molar-refractivity contribution in [1.29, 1.82) is 0 Å². The van der Waals surface area contributed by atoms with Gasteiger partial charge in [0.1, 0.15) is 0 Å². The Kier molecular flexibility index (Phi) is 3.56. The van der Waals surface area contributed by atoms with Crippen LogP contribution in [0.4, 0.5) is 0 Å². The lowest BCUT2D eigenvalue weighted by atomic mass is 10.1. The molecule has 0 amide bonds. The molecule has 0 saturated heterocycles. The third-order valence-corrected chi connectivity index (χ3v) is 2.31. The quantitative estimate of drug-likeness (QED) is 0.702. The van der Waals surface area contributed by atoms with Gasteiger partial charge in [-0.15, -0.1) is 11.3 Å². The minimum absolute atomic E-state index is 0.0331. The van der Waals surface area contributed by atoms with Crippen LogP contribution in [0.15, 0.2) is 17.5 Å². The first-order valence-corrected chi connectivity index (χ1v) is 4.43. The number of hydrogen-bond donors (Lipinski definition) is 2. The lowest BCUT2D eigenvalue weighted by molar-refractivity contribution is 0.277. The lowest BCUT2D eigenvalue weighted by Crippen LogP contribution is -2.25. The van der Waals surface area contributed by atoms with Gasteiger partial charge < -0.3 is 10.8 Å². The summed E-state index contributed by atoms with van der Waals surface area (Å²) in [6, 6.07) is 3.89. The maximum atomic E-state index is 8.61. The number of nitrogens with two attached hydrogens (primary N) is 1. The van der Waals surface area contributed by atoms with Crippen molar-refractivity contribution in [1.82, 2.24) is 0 Å². The van der Waals surface area contributed by atoms with Crippen LogP contribution in [0.5, 0.6) is 0 Å². The topological polar surface area (TPSA) is 46.2 Å². The molecule has 0 spiro atoms. The minimum atomic E-state index is -0.183. The summed E-state index contributed by atoms with van der Waals surface area (Å²) in [5.74, 6) is 0. The maximum Gasteiger partial charge on any atom is 0.0585 e. The first-order chi connectivity index (χ1) is 5.33. The largest absolute Gasteiger partial charge is 0.395 e. The molecule has 1 rings (SSSR count). The first kappa shape index (κ1) is 8.71. The van der Waals surface area contributed by atoms with E-state index in [-0.39, 0.29) is 12.6 Å². The zero-order valence-corrected chi connectivity index (χ0v) is 7.05. The Hall–Kier alpha value is -0.380. The smallest absolute Gasteiger partial charge is 0.0585 e. The van der Waals surface area contributed by atoms with Gasteiger partial charge in [-0.2, -0.15) is 0 Å². The molecule has 3 heteroatoms. The predicted octanol–water partition coefficient (Wildman–Crippen LogP) is 0.814. The molecule has 0 aromatic carbocycles. The molecule has 1 radical (unpaired) electrons. The molecule has 0 fully saturated rings. The summed E-state index contributed by atoms with van der Waals surface area (Å²) in [5.41, 5.74) is 5.49. The van der Waals surface area contributed by atoms with Crippen molar-refractivity contribution in [2.75, 3.05) is 6.61 Å². The average Bonchev–Trinajstić information content (AvgIpc) is 2.52. The predicted molar refractivity (Wildman–Crippen MR) is 47.4 cm³/mol. The molecule has 61 valence electrons. The van der Waals surface area contributed by atoms with Gasteiger partial charge in [-0.3, -0.25) is 0 Å². The molecular weight excluding hydrogens is 158 g/mol. The van der Waals surface area contributed by atoms with E-state index in [1.54, 1.807) is 11.3 Å². The molecule has 0 unspecified atom stereocenters. The van der Waals surface area contributed by atoms with Crippen LogP contribution in [0.25, 0.3) is 0 Å². The van der Waals surface area contributed by atoms with Crippen LogP contribution in [-0.2, 0) is 6.42 Å². The molecule has 0 saturated carbocycles. The second kappa shape index (κ2) is 4.49. The number of rotatable bonds is 4. The van der Waals surface area contributed by atoms with Gasteiger partial charge in [-0.05, 0) is 24.3 Å². The summed E-state index contributed by atoms with van der Waals surface area (Å²) in [7, 11) is 0. The van der Waals surface area contributed by atoms with E-state index in [1.807, 2.05) is 17.9 Å². The van der Waals surface area contributed by atoms with E-state index in [2.05, 4.69) is 6.07 Å². The first-order valence-electron chi connectivity index (χ1n) is 3.55. The molecular formula is C8H12NOS. The third-order valence-electron chi connectivity index (χ3n) is 1.41. The summed E-state index contributed by atoms with van der Waals surface area (Å²) in [6.07, 6.45) is 2.78. The van der Waals surface area contributed by atoms with Crippen molar-refractivity contribution in [3.63, 3.8) is 0 Å². The van der Waals surface area contributed by atoms with Crippen molar-refractivity contribution in [2.45, 2.75) is 12.5 Å². The summed E-state index contributed by atoms with van der Waals surface area (Å²) in [6.45, 7) is 0.0331. The van der Waals surface area contributed by atoms with E-state index in [1.165, 1.54) is 4.88 Å². The standard InChI is InChI=1S/C8H12NOS/c9-7(6-10)3-4-8-2-1-5-11-8/h1-3,5,7,10H,4,6,9H2/t7-/m0/s1. The summed E-state index contributed by atoms with van der Waals surface area (Å²) in [5, 5.41) is 10.6. The van der Waals surface area contributed by atoms with E-state index >= 15 is 0 Å². The molecule has 0 aliphatic rings. The minimum Gasteiger partial charge on any atom is -0.395 e. The number of aliphatic hydroxyl groups is 1. The highest BCUT2D eigenvalue weighted by Gasteiger charge is 2.01. The van der Waals surface area contributed by atoms with Crippen LogP contribution in [0, 0.1) is 6.42 Å². The molecule has 11 heavy (non-hydrogen) atoms. The monoisotopic (exact) mass is 170 g/mol. The summed E-state index contributed by atoms with van der Waals surface area (Å²) < 4.78 is 0. The van der Waals surface area contributed by atoms with Crippen molar-refractivity contribution in [2.24, 2.45) is 5.73 Å². The molecule has 1 aromatic heterocycles. The number of thiophene rings is 1. The Balaban J connectivity index is 2.23. The second-order valence-corrected chi connectivity index (χ2v) is 3.40. The maximum absolute atomic E-state index is 8.61. The molecule has 0 bridgehead atoms. The lowest BCUT2D eigenvalue weighted by Gasteiger charge is -2.04. The van der Waals surface area contributed by atoms with E-state index in [4.69, 9.17) is 10.8 Å².